The summed E-state index contributed by atoms with van der Waals surface area (Å²) in [6, 6.07) is 3.45. The summed E-state index contributed by atoms with van der Waals surface area (Å²) in [5, 5.41) is 22.4. The van der Waals surface area contributed by atoms with Crippen LogP contribution in [-0.4, -0.2) is 21.5 Å². The predicted molar refractivity (Wildman–Crippen MR) is 59.5 cm³/mol. The Labute approximate surface area is 96.4 Å². The fourth-order valence-electron chi connectivity index (χ4n) is 1.35. The van der Waals surface area contributed by atoms with Gasteiger partial charge in [-0.05, 0) is 18.9 Å². The summed E-state index contributed by atoms with van der Waals surface area (Å²) < 4.78 is 0. The molecule has 2 rings (SSSR count). The van der Waals surface area contributed by atoms with Crippen molar-refractivity contribution >= 4 is 17.3 Å². The van der Waals surface area contributed by atoms with E-state index in [2.05, 4.69) is 5.32 Å². The molecule has 1 fully saturated rings. The number of carbonyl (C=O) groups excluding carboxylic acids is 1. The summed E-state index contributed by atoms with van der Waals surface area (Å²) in [6.07, 6.45) is 1.21. The fraction of sp³-hybridized carbons (Fsp3) is 0.300. The van der Waals surface area contributed by atoms with Crippen LogP contribution in [0.2, 0.25) is 0 Å². The highest BCUT2D eigenvalue weighted by atomic mass is 16.6. The first-order valence-corrected chi connectivity index (χ1v) is 5.00. The van der Waals surface area contributed by atoms with E-state index < -0.39 is 10.5 Å². The first kappa shape index (κ1) is 11.3. The van der Waals surface area contributed by atoms with Crippen molar-refractivity contribution < 1.29 is 14.8 Å². The zero-order chi connectivity index (χ0) is 12.6. The minimum absolute atomic E-state index is 0.123. The van der Waals surface area contributed by atoms with Crippen LogP contribution in [0.5, 0.6) is 5.75 Å². The summed E-state index contributed by atoms with van der Waals surface area (Å²) in [5.41, 5.74) is 4.69. The molecule has 1 aliphatic rings. The second-order valence-electron chi connectivity index (χ2n) is 4.07. The van der Waals surface area contributed by atoms with Gasteiger partial charge in [0.25, 0.3) is 5.69 Å². The second-order valence-corrected chi connectivity index (χ2v) is 4.07. The van der Waals surface area contributed by atoms with Gasteiger partial charge in [0, 0.05) is 6.07 Å². The monoisotopic (exact) mass is 237 g/mol. The van der Waals surface area contributed by atoms with Crippen molar-refractivity contribution in [2.24, 2.45) is 5.73 Å². The minimum atomic E-state index is -0.853. The lowest BCUT2D eigenvalue weighted by atomic mass is 10.2. The van der Waals surface area contributed by atoms with E-state index in [1.165, 1.54) is 12.1 Å². The topological polar surface area (TPSA) is 118 Å². The largest absolute Gasteiger partial charge is 0.506 e. The Balaban J connectivity index is 2.17. The van der Waals surface area contributed by atoms with Crippen LogP contribution >= 0.6 is 0 Å². The van der Waals surface area contributed by atoms with Crippen LogP contribution < -0.4 is 11.1 Å². The summed E-state index contributed by atoms with van der Waals surface area (Å²) in [6.45, 7) is 0. The van der Waals surface area contributed by atoms with Gasteiger partial charge in [0.1, 0.15) is 5.75 Å². The standard InChI is InChI=1S/C10H11N3O4/c11-10(3-4-10)9(15)12-7-2-1-6(13(16)17)5-8(7)14/h1-2,5,14H,3-4,11H2,(H,12,15). The Morgan fingerprint density at radius 2 is 2.18 bits per heavy atom. The van der Waals surface area contributed by atoms with Crippen molar-refractivity contribution in [3.63, 3.8) is 0 Å². The van der Waals surface area contributed by atoms with Crippen molar-refractivity contribution in [1.82, 2.24) is 0 Å². The maximum atomic E-state index is 11.6. The van der Waals surface area contributed by atoms with Crippen molar-refractivity contribution in [2.75, 3.05) is 5.32 Å². The number of rotatable bonds is 3. The fourth-order valence-corrected chi connectivity index (χ4v) is 1.35. The van der Waals surface area contributed by atoms with E-state index in [1.54, 1.807) is 0 Å². The minimum Gasteiger partial charge on any atom is -0.506 e. The van der Waals surface area contributed by atoms with Gasteiger partial charge in [-0.15, -0.1) is 0 Å². The number of nitrogens with zero attached hydrogens (tertiary/aromatic N) is 1. The van der Waals surface area contributed by atoms with Gasteiger partial charge in [0.15, 0.2) is 0 Å². The maximum Gasteiger partial charge on any atom is 0.273 e. The number of nitrogens with one attached hydrogen (secondary N) is 1. The SMILES string of the molecule is NC1(C(=O)Nc2ccc([N+](=O)[O-])cc2O)CC1. The quantitative estimate of drug-likeness (QED) is 0.407. The maximum absolute atomic E-state index is 11.6. The molecule has 0 spiro atoms. The van der Waals surface area contributed by atoms with Gasteiger partial charge in [-0.25, -0.2) is 0 Å². The van der Waals surface area contributed by atoms with Crippen LogP contribution in [0.25, 0.3) is 0 Å². The van der Waals surface area contributed by atoms with E-state index in [0.29, 0.717) is 12.8 Å². The highest BCUT2D eigenvalue weighted by Gasteiger charge is 2.46. The van der Waals surface area contributed by atoms with Crippen LogP contribution in [0.15, 0.2) is 18.2 Å². The van der Waals surface area contributed by atoms with Gasteiger partial charge >= 0.3 is 0 Å². The van der Waals surface area contributed by atoms with Gasteiger partial charge in [-0.3, -0.25) is 14.9 Å². The second kappa shape index (κ2) is 3.70. The molecular weight excluding hydrogens is 226 g/mol. The van der Waals surface area contributed by atoms with Crippen molar-refractivity contribution in [1.29, 1.82) is 0 Å². The van der Waals surface area contributed by atoms with E-state index in [-0.39, 0.29) is 23.0 Å². The average molecular weight is 237 g/mol. The smallest absolute Gasteiger partial charge is 0.273 e. The highest BCUT2D eigenvalue weighted by molar-refractivity contribution is 6.01. The van der Waals surface area contributed by atoms with Crippen LogP contribution in [0.3, 0.4) is 0 Å². The van der Waals surface area contributed by atoms with Gasteiger partial charge in [-0.1, -0.05) is 0 Å². The van der Waals surface area contributed by atoms with Crippen LogP contribution in [0, 0.1) is 10.1 Å². The molecule has 1 amide bonds. The number of hydrogen-bond donors (Lipinski definition) is 3. The molecule has 0 aromatic heterocycles. The lowest BCUT2D eigenvalue weighted by molar-refractivity contribution is -0.384. The van der Waals surface area contributed by atoms with Crippen molar-refractivity contribution in [3.8, 4) is 5.75 Å². The number of non-ortho nitro benzene ring substituents is 1. The number of phenols is 1. The molecule has 0 unspecified atom stereocenters. The number of amides is 1. The lowest BCUT2D eigenvalue weighted by Gasteiger charge is -2.10. The van der Waals surface area contributed by atoms with Gasteiger partial charge in [0.05, 0.1) is 22.2 Å². The lowest BCUT2D eigenvalue weighted by Crippen LogP contribution is -2.37. The molecule has 7 heteroatoms. The summed E-state index contributed by atoms with van der Waals surface area (Å²) in [5.74, 6) is -0.738. The molecule has 0 bridgehead atoms. The molecule has 4 N–H and O–H groups in total. The van der Waals surface area contributed by atoms with Gasteiger partial charge in [-0.2, -0.15) is 0 Å². The number of benzene rings is 1. The molecule has 1 aromatic carbocycles. The van der Waals surface area contributed by atoms with Gasteiger partial charge < -0.3 is 16.2 Å². The summed E-state index contributed by atoms with van der Waals surface area (Å²) >= 11 is 0. The Morgan fingerprint density at radius 1 is 1.53 bits per heavy atom. The molecule has 90 valence electrons. The number of aromatic hydroxyl groups is 1. The summed E-state index contributed by atoms with van der Waals surface area (Å²) in [7, 11) is 0. The van der Waals surface area contributed by atoms with E-state index in [0.717, 1.165) is 6.07 Å². The number of nitro groups is 1. The molecule has 7 nitrogen and oxygen atoms in total. The number of hydrogen-bond acceptors (Lipinski definition) is 5. The van der Waals surface area contributed by atoms with Crippen LogP contribution in [0.1, 0.15) is 12.8 Å². The van der Waals surface area contributed by atoms with Crippen LogP contribution in [0.4, 0.5) is 11.4 Å². The molecule has 17 heavy (non-hydrogen) atoms. The molecule has 0 atom stereocenters. The molecule has 0 heterocycles. The number of phenolic OH excluding ortho intramolecular Hbond substituents is 1. The van der Waals surface area contributed by atoms with E-state index in [9.17, 15) is 20.0 Å². The zero-order valence-corrected chi connectivity index (χ0v) is 8.84. The van der Waals surface area contributed by atoms with Gasteiger partial charge in [0.2, 0.25) is 5.91 Å². The first-order chi connectivity index (χ1) is 7.92. The first-order valence-electron chi connectivity index (χ1n) is 5.00. The number of anilines is 1. The van der Waals surface area contributed by atoms with E-state index >= 15 is 0 Å². The van der Waals surface area contributed by atoms with E-state index in [1.807, 2.05) is 0 Å². The third kappa shape index (κ3) is 2.18. The average Bonchev–Trinajstić information content (AvgIpc) is 3.00. The highest BCUT2D eigenvalue weighted by Crippen LogP contribution is 2.35. The molecule has 0 saturated heterocycles. The summed E-state index contributed by atoms with van der Waals surface area (Å²) in [4.78, 5) is 21.4. The zero-order valence-electron chi connectivity index (χ0n) is 8.84. The van der Waals surface area contributed by atoms with Crippen molar-refractivity contribution in [3.05, 3.63) is 28.3 Å². The predicted octanol–water partition coefficient (Wildman–Crippen LogP) is 0.730. The number of carbonyl (C=O) groups is 1. The molecule has 1 aliphatic carbocycles. The Kier molecular flexibility index (Phi) is 2.47. The Hall–Kier alpha value is -2.15. The van der Waals surface area contributed by atoms with Crippen molar-refractivity contribution in [2.45, 2.75) is 18.4 Å². The number of nitro benzene ring substituents is 1. The third-order valence-corrected chi connectivity index (χ3v) is 2.68. The molecule has 0 aliphatic heterocycles. The normalized spacial score (nSPS) is 16.3. The number of nitrogens with two attached hydrogens (primary N) is 1. The Morgan fingerprint density at radius 3 is 2.65 bits per heavy atom. The molecular formula is C10H11N3O4. The van der Waals surface area contributed by atoms with Crippen LogP contribution in [-0.2, 0) is 4.79 Å². The Bertz CT molecular complexity index is 496. The molecule has 0 radical (unpaired) electrons. The third-order valence-electron chi connectivity index (χ3n) is 2.68. The molecule has 1 aromatic rings. The van der Waals surface area contributed by atoms with E-state index in [4.69, 9.17) is 5.73 Å². The molecule has 1 saturated carbocycles.